The second-order valence-corrected chi connectivity index (χ2v) is 3.56. The van der Waals surface area contributed by atoms with E-state index < -0.39 is 25.0 Å². The van der Waals surface area contributed by atoms with Crippen molar-refractivity contribution in [1.29, 1.82) is 0 Å². The lowest BCUT2D eigenvalue weighted by molar-refractivity contribution is -0.00270. The quantitative estimate of drug-likeness (QED) is 0.853. The van der Waals surface area contributed by atoms with Gasteiger partial charge in [-0.05, 0) is 18.2 Å². The van der Waals surface area contributed by atoms with Gasteiger partial charge in [0.1, 0.15) is 6.10 Å². The molecular formula is C10H10ClF2NO2. The molecule has 1 aromatic rings. The van der Waals surface area contributed by atoms with Crippen LogP contribution in [0.4, 0.5) is 8.78 Å². The highest BCUT2D eigenvalue weighted by Gasteiger charge is 2.17. The Morgan fingerprint density at radius 3 is 2.75 bits per heavy atom. The van der Waals surface area contributed by atoms with Crippen LogP contribution >= 0.6 is 11.6 Å². The minimum absolute atomic E-state index is 0.258. The number of hydrogen-bond acceptors (Lipinski definition) is 2. The Kier molecular flexibility index (Phi) is 4.64. The molecule has 0 aliphatic carbocycles. The van der Waals surface area contributed by atoms with E-state index in [1.54, 1.807) is 12.1 Å². The van der Waals surface area contributed by atoms with Gasteiger partial charge in [-0.25, -0.2) is 8.78 Å². The SMILES string of the molecule is O=C(NCC(O)C(F)F)c1cccc(Cl)c1. The summed E-state index contributed by atoms with van der Waals surface area (Å²) in [5.74, 6) is -0.554. The summed E-state index contributed by atoms with van der Waals surface area (Å²) in [6.45, 7) is -0.497. The van der Waals surface area contributed by atoms with E-state index in [0.717, 1.165) is 0 Å². The van der Waals surface area contributed by atoms with Crippen LogP contribution in [0.15, 0.2) is 24.3 Å². The highest BCUT2D eigenvalue weighted by atomic mass is 35.5. The van der Waals surface area contributed by atoms with E-state index in [1.807, 2.05) is 0 Å². The molecule has 1 unspecified atom stereocenters. The summed E-state index contributed by atoms with van der Waals surface area (Å²) < 4.78 is 23.8. The van der Waals surface area contributed by atoms with Gasteiger partial charge < -0.3 is 10.4 Å². The first kappa shape index (κ1) is 12.9. The fourth-order valence-corrected chi connectivity index (χ4v) is 1.21. The lowest BCUT2D eigenvalue weighted by Crippen LogP contribution is -2.35. The van der Waals surface area contributed by atoms with Crippen molar-refractivity contribution in [2.24, 2.45) is 0 Å². The molecule has 0 saturated carbocycles. The third-order valence-corrected chi connectivity index (χ3v) is 2.08. The first-order chi connectivity index (χ1) is 7.50. The minimum atomic E-state index is -2.88. The fraction of sp³-hybridized carbons (Fsp3) is 0.300. The number of hydrogen-bond donors (Lipinski definition) is 2. The molecule has 1 amide bonds. The molecule has 0 aliphatic rings. The number of halogens is 3. The molecule has 0 spiro atoms. The van der Waals surface area contributed by atoms with Crippen molar-refractivity contribution in [2.45, 2.75) is 12.5 Å². The van der Waals surface area contributed by atoms with Crippen LogP contribution in [0.2, 0.25) is 5.02 Å². The highest BCUT2D eigenvalue weighted by molar-refractivity contribution is 6.30. The molecular weight excluding hydrogens is 240 g/mol. The molecule has 6 heteroatoms. The van der Waals surface area contributed by atoms with E-state index in [2.05, 4.69) is 5.32 Å². The lowest BCUT2D eigenvalue weighted by atomic mass is 10.2. The number of alkyl halides is 2. The van der Waals surface area contributed by atoms with E-state index in [9.17, 15) is 13.6 Å². The Balaban J connectivity index is 2.53. The maximum atomic E-state index is 11.9. The van der Waals surface area contributed by atoms with Crippen LogP contribution in [0.1, 0.15) is 10.4 Å². The van der Waals surface area contributed by atoms with Crippen molar-refractivity contribution in [3.05, 3.63) is 34.9 Å². The molecule has 3 nitrogen and oxygen atoms in total. The summed E-state index contributed by atoms with van der Waals surface area (Å²) in [7, 11) is 0. The predicted octanol–water partition coefficient (Wildman–Crippen LogP) is 1.70. The van der Waals surface area contributed by atoms with Crippen LogP contribution < -0.4 is 5.32 Å². The fourth-order valence-electron chi connectivity index (χ4n) is 1.02. The standard InChI is InChI=1S/C10H10ClF2NO2/c11-7-3-1-2-6(4-7)10(16)14-5-8(15)9(12)13/h1-4,8-9,15H,5H2,(H,14,16). The molecule has 2 N–H and O–H groups in total. The third kappa shape index (κ3) is 3.75. The average Bonchev–Trinajstić information content (AvgIpc) is 2.25. The van der Waals surface area contributed by atoms with E-state index in [0.29, 0.717) is 5.02 Å². The topological polar surface area (TPSA) is 49.3 Å². The van der Waals surface area contributed by atoms with Gasteiger partial charge in [-0.3, -0.25) is 4.79 Å². The van der Waals surface area contributed by atoms with Gasteiger partial charge in [-0.1, -0.05) is 17.7 Å². The zero-order valence-corrected chi connectivity index (χ0v) is 8.92. The maximum absolute atomic E-state index is 11.9. The third-order valence-electron chi connectivity index (χ3n) is 1.85. The second kappa shape index (κ2) is 5.77. The van der Waals surface area contributed by atoms with Crippen LogP contribution in [0, 0.1) is 0 Å². The molecule has 0 fully saturated rings. The molecule has 0 radical (unpaired) electrons. The Labute approximate surface area is 96.0 Å². The number of aliphatic hydroxyl groups excluding tert-OH is 1. The maximum Gasteiger partial charge on any atom is 0.265 e. The Hall–Kier alpha value is -1.20. The smallest absolute Gasteiger partial charge is 0.265 e. The molecule has 1 atom stereocenters. The number of amides is 1. The Morgan fingerprint density at radius 1 is 1.50 bits per heavy atom. The number of carbonyl (C=O) groups is 1. The highest BCUT2D eigenvalue weighted by Crippen LogP contribution is 2.10. The van der Waals surface area contributed by atoms with Crippen LogP contribution in [-0.4, -0.2) is 30.1 Å². The van der Waals surface area contributed by atoms with Gasteiger partial charge in [0, 0.05) is 17.1 Å². The first-order valence-electron chi connectivity index (χ1n) is 4.50. The molecule has 0 aromatic heterocycles. The summed E-state index contributed by atoms with van der Waals surface area (Å²) in [5, 5.41) is 11.3. The van der Waals surface area contributed by atoms with Gasteiger partial charge in [0.15, 0.2) is 0 Å². The molecule has 88 valence electrons. The molecule has 0 bridgehead atoms. The van der Waals surface area contributed by atoms with Crippen molar-refractivity contribution < 1.29 is 18.7 Å². The van der Waals surface area contributed by atoms with E-state index in [1.165, 1.54) is 12.1 Å². The van der Waals surface area contributed by atoms with Crippen LogP contribution in [0.3, 0.4) is 0 Å². The molecule has 16 heavy (non-hydrogen) atoms. The minimum Gasteiger partial charge on any atom is -0.385 e. The summed E-state index contributed by atoms with van der Waals surface area (Å²) in [5.41, 5.74) is 0.258. The zero-order valence-electron chi connectivity index (χ0n) is 8.16. The van der Waals surface area contributed by atoms with E-state index in [4.69, 9.17) is 16.7 Å². The van der Waals surface area contributed by atoms with Crippen LogP contribution in [0.25, 0.3) is 0 Å². The van der Waals surface area contributed by atoms with Gasteiger partial charge in [-0.15, -0.1) is 0 Å². The molecule has 0 heterocycles. The first-order valence-corrected chi connectivity index (χ1v) is 4.88. The van der Waals surface area contributed by atoms with Crippen molar-refractivity contribution in [3.8, 4) is 0 Å². The number of carbonyl (C=O) groups excluding carboxylic acids is 1. The normalized spacial score (nSPS) is 12.6. The number of rotatable bonds is 4. The molecule has 0 aliphatic heterocycles. The van der Waals surface area contributed by atoms with Gasteiger partial charge in [0.2, 0.25) is 0 Å². The van der Waals surface area contributed by atoms with Gasteiger partial charge >= 0.3 is 0 Å². The lowest BCUT2D eigenvalue weighted by Gasteiger charge is -2.10. The van der Waals surface area contributed by atoms with E-state index >= 15 is 0 Å². The van der Waals surface area contributed by atoms with Crippen molar-refractivity contribution in [1.82, 2.24) is 5.32 Å². The van der Waals surface area contributed by atoms with Crippen LogP contribution in [0.5, 0.6) is 0 Å². The zero-order chi connectivity index (χ0) is 12.1. The summed E-state index contributed by atoms with van der Waals surface area (Å²) in [6.07, 6.45) is -4.73. The number of nitrogens with one attached hydrogen (secondary N) is 1. The van der Waals surface area contributed by atoms with Gasteiger partial charge in [0.05, 0.1) is 0 Å². The number of aliphatic hydroxyl groups is 1. The second-order valence-electron chi connectivity index (χ2n) is 3.12. The predicted molar refractivity (Wildman–Crippen MR) is 55.8 cm³/mol. The molecule has 0 saturated heterocycles. The van der Waals surface area contributed by atoms with Crippen molar-refractivity contribution >= 4 is 17.5 Å². The molecule has 1 rings (SSSR count). The van der Waals surface area contributed by atoms with E-state index in [-0.39, 0.29) is 5.56 Å². The largest absolute Gasteiger partial charge is 0.385 e. The Bertz CT molecular complexity index is 374. The van der Waals surface area contributed by atoms with Crippen molar-refractivity contribution in [2.75, 3.05) is 6.54 Å². The summed E-state index contributed by atoms with van der Waals surface area (Å²) >= 11 is 5.65. The summed E-state index contributed by atoms with van der Waals surface area (Å²) in [4.78, 5) is 11.4. The Morgan fingerprint density at radius 2 is 2.19 bits per heavy atom. The van der Waals surface area contributed by atoms with Crippen molar-refractivity contribution in [3.63, 3.8) is 0 Å². The monoisotopic (exact) mass is 249 g/mol. The average molecular weight is 250 g/mol. The van der Waals surface area contributed by atoms with Crippen LogP contribution in [-0.2, 0) is 0 Å². The molecule has 1 aromatic carbocycles. The van der Waals surface area contributed by atoms with Gasteiger partial charge in [0.25, 0.3) is 12.3 Å². The number of benzene rings is 1. The summed E-state index contributed by atoms with van der Waals surface area (Å²) in [6, 6.07) is 6.06. The van der Waals surface area contributed by atoms with Gasteiger partial charge in [-0.2, -0.15) is 0 Å².